The molecule has 0 aliphatic carbocycles. The van der Waals surface area contributed by atoms with Crippen LogP contribution in [0.4, 0.5) is 0 Å². The third-order valence-corrected chi connectivity index (χ3v) is 9.62. The van der Waals surface area contributed by atoms with Gasteiger partial charge in [-0.15, -0.1) is 0 Å². The van der Waals surface area contributed by atoms with Crippen molar-refractivity contribution in [2.75, 3.05) is 14.2 Å². The Labute approximate surface area is 271 Å². The van der Waals surface area contributed by atoms with Crippen molar-refractivity contribution in [2.24, 2.45) is 0 Å². The van der Waals surface area contributed by atoms with Gasteiger partial charge < -0.3 is 53.3 Å². The summed E-state index contributed by atoms with van der Waals surface area (Å²) in [6, 6.07) is 7.72. The smallest absolute Gasteiger partial charge is 0.344 e. The molecule has 2 fully saturated rings. The summed E-state index contributed by atoms with van der Waals surface area (Å²) in [7, 11) is 2.86. The summed E-state index contributed by atoms with van der Waals surface area (Å²) in [5.74, 6) is -0.368. The lowest BCUT2D eigenvalue weighted by Gasteiger charge is -2.46. The number of hydrogen-bond acceptors (Lipinski definition) is 14. The van der Waals surface area contributed by atoms with Crippen LogP contribution in [0.2, 0.25) is 0 Å². The van der Waals surface area contributed by atoms with Gasteiger partial charge in [0.15, 0.2) is 18.0 Å². The molecule has 10 atom stereocenters. The molecule has 14 heteroatoms. The minimum atomic E-state index is -1.58. The molecular weight excluding hydrogens is 630 g/mol. The van der Waals surface area contributed by atoms with E-state index < -0.39 is 83.6 Å². The molecule has 5 aromatic rings. The van der Waals surface area contributed by atoms with Crippen LogP contribution in [0.25, 0.3) is 43.3 Å². The first-order valence-corrected chi connectivity index (χ1v) is 15.4. The predicted octanol–water partition coefficient (Wildman–Crippen LogP) is 1.35. The van der Waals surface area contributed by atoms with E-state index in [4.69, 9.17) is 38.2 Å². The highest BCUT2D eigenvalue weighted by molar-refractivity contribution is 6.29. The Kier molecular flexibility index (Phi) is 8.04. The molecule has 4 aromatic carbocycles. The molecule has 0 saturated carbocycles. The largest absolute Gasteiger partial charge is 0.507 e. The van der Waals surface area contributed by atoms with Crippen molar-refractivity contribution in [1.29, 1.82) is 5.41 Å². The second kappa shape index (κ2) is 11.9. The molecule has 7 rings (SSSR count). The van der Waals surface area contributed by atoms with Crippen LogP contribution in [-0.2, 0) is 23.7 Å². The van der Waals surface area contributed by atoms with Gasteiger partial charge in [-0.2, -0.15) is 0 Å². The predicted molar refractivity (Wildman–Crippen MR) is 170 cm³/mol. The summed E-state index contributed by atoms with van der Waals surface area (Å²) in [5, 5.41) is 53.7. The number of ether oxygens (including phenoxy) is 6. The van der Waals surface area contributed by atoms with Crippen LogP contribution in [-0.4, -0.2) is 96.1 Å². The van der Waals surface area contributed by atoms with Gasteiger partial charge in [0.25, 0.3) is 0 Å². The summed E-state index contributed by atoms with van der Waals surface area (Å²) < 4.78 is 41.1. The Balaban J connectivity index is 1.39. The molecule has 1 aromatic heterocycles. The van der Waals surface area contributed by atoms with Gasteiger partial charge in [0.05, 0.1) is 28.4 Å². The Morgan fingerprint density at radius 3 is 2.17 bits per heavy atom. The molecule has 0 spiro atoms. The first-order chi connectivity index (χ1) is 22.9. The number of rotatable bonds is 6. The number of aromatic hydroxyl groups is 1. The quantitative estimate of drug-likeness (QED) is 0.0988. The minimum absolute atomic E-state index is 0.0246. The zero-order valence-electron chi connectivity index (χ0n) is 26.6. The van der Waals surface area contributed by atoms with Crippen LogP contribution in [0.15, 0.2) is 44.3 Å². The maximum absolute atomic E-state index is 13.5. The Hall–Kier alpha value is -3.99. The molecule has 0 amide bonds. The number of aliphatic hydroxyl groups is 3. The lowest BCUT2D eigenvalue weighted by atomic mass is 9.92. The van der Waals surface area contributed by atoms with Crippen LogP contribution in [0, 0.1) is 12.3 Å². The number of nitrogens with one attached hydrogen (secondary N) is 1. The van der Waals surface area contributed by atoms with E-state index in [0.29, 0.717) is 5.56 Å². The third-order valence-electron chi connectivity index (χ3n) is 9.62. The fourth-order valence-corrected chi connectivity index (χ4v) is 7.17. The van der Waals surface area contributed by atoms with E-state index in [1.807, 2.05) is 0 Å². The van der Waals surface area contributed by atoms with Crippen molar-refractivity contribution in [2.45, 2.75) is 82.2 Å². The zero-order valence-corrected chi connectivity index (χ0v) is 26.6. The van der Waals surface area contributed by atoms with Crippen molar-refractivity contribution in [3.05, 3.63) is 61.9 Å². The second-order valence-corrected chi connectivity index (χ2v) is 12.4. The molecule has 254 valence electrons. The number of aryl methyl sites for hydroxylation is 1. The van der Waals surface area contributed by atoms with Gasteiger partial charge in [-0.1, -0.05) is 24.3 Å². The zero-order chi connectivity index (χ0) is 34.3. The lowest BCUT2D eigenvalue weighted by Crippen LogP contribution is -2.64. The average Bonchev–Trinajstić information content (AvgIpc) is 3.06. The standard InChI is InChI=1S/C34H35NO13/c1-11-9-10-15-19-17(11)32(41)47-29-18-14(24(37)21(20(19)29)22(35)25(15)38)7-6-8-16(18)46-34-31(26(39)23(36)12(2)44-34)48-33-27(40)30(43-5)28(42-4)13(3)45-33/h6-10,12-13,23,26-28,30-31,33-37,39-40H,1-5H3/t12-,13-,23+,26+,27-,28+,30-,31-,33-,34+/m1/s1. The average molecular weight is 666 g/mol. The molecule has 0 unspecified atom stereocenters. The molecule has 3 heterocycles. The summed E-state index contributed by atoms with van der Waals surface area (Å²) in [6.07, 6.45) is -11.6. The lowest BCUT2D eigenvalue weighted by molar-refractivity contribution is -0.354. The molecule has 0 bridgehead atoms. The van der Waals surface area contributed by atoms with E-state index >= 15 is 0 Å². The van der Waals surface area contributed by atoms with Crippen LogP contribution in [0.3, 0.4) is 0 Å². The van der Waals surface area contributed by atoms with Crippen molar-refractivity contribution in [3.8, 4) is 11.5 Å². The molecule has 48 heavy (non-hydrogen) atoms. The van der Waals surface area contributed by atoms with Gasteiger partial charge in [-0.05, 0) is 32.4 Å². The molecule has 2 aliphatic heterocycles. The maximum atomic E-state index is 13.5. The Morgan fingerprint density at radius 2 is 1.46 bits per heavy atom. The van der Waals surface area contributed by atoms with Crippen LogP contribution in [0.1, 0.15) is 19.4 Å². The summed E-state index contributed by atoms with van der Waals surface area (Å²) in [4.78, 5) is 26.7. The third kappa shape index (κ3) is 4.67. The number of hydrogen-bond donors (Lipinski definition) is 5. The number of phenols is 1. The Bertz CT molecular complexity index is 2200. The van der Waals surface area contributed by atoms with E-state index in [-0.39, 0.29) is 49.0 Å². The van der Waals surface area contributed by atoms with E-state index in [1.54, 1.807) is 19.9 Å². The van der Waals surface area contributed by atoms with Gasteiger partial charge in [0.2, 0.25) is 11.7 Å². The van der Waals surface area contributed by atoms with Crippen LogP contribution in [0.5, 0.6) is 11.5 Å². The summed E-state index contributed by atoms with van der Waals surface area (Å²) >= 11 is 0. The number of benzene rings is 4. The van der Waals surface area contributed by atoms with Gasteiger partial charge in [-0.3, -0.25) is 10.2 Å². The second-order valence-electron chi connectivity index (χ2n) is 12.4. The van der Waals surface area contributed by atoms with Crippen LogP contribution >= 0.6 is 0 Å². The Morgan fingerprint density at radius 1 is 0.750 bits per heavy atom. The van der Waals surface area contributed by atoms with Gasteiger partial charge in [0, 0.05) is 35.8 Å². The van der Waals surface area contributed by atoms with Crippen molar-refractivity contribution < 1.29 is 53.3 Å². The first kappa shape index (κ1) is 32.6. The molecule has 5 N–H and O–H groups in total. The number of methoxy groups -OCH3 is 2. The highest BCUT2D eigenvalue weighted by Crippen LogP contribution is 2.45. The minimum Gasteiger partial charge on any atom is -0.507 e. The van der Waals surface area contributed by atoms with Crippen molar-refractivity contribution in [3.63, 3.8) is 0 Å². The van der Waals surface area contributed by atoms with E-state index in [0.717, 1.165) is 0 Å². The van der Waals surface area contributed by atoms with Gasteiger partial charge in [0.1, 0.15) is 47.4 Å². The number of phenolic OH excluding ortho intramolecular Hbond substituents is 1. The highest BCUT2D eigenvalue weighted by atomic mass is 16.8. The van der Waals surface area contributed by atoms with E-state index in [2.05, 4.69) is 0 Å². The first-order valence-electron chi connectivity index (χ1n) is 15.4. The van der Waals surface area contributed by atoms with Crippen molar-refractivity contribution >= 4 is 43.3 Å². The monoisotopic (exact) mass is 665 g/mol. The fraction of sp³-hybridized carbons (Fsp3) is 0.441. The molecule has 0 radical (unpaired) electrons. The topological polar surface area (TPSA) is 207 Å². The highest BCUT2D eigenvalue weighted by Gasteiger charge is 2.51. The van der Waals surface area contributed by atoms with Gasteiger partial charge >= 0.3 is 5.63 Å². The summed E-state index contributed by atoms with van der Waals surface area (Å²) in [5.41, 5.74) is -0.864. The van der Waals surface area contributed by atoms with Gasteiger partial charge in [-0.25, -0.2) is 4.79 Å². The maximum Gasteiger partial charge on any atom is 0.344 e. The van der Waals surface area contributed by atoms with E-state index in [1.165, 1.54) is 45.4 Å². The normalized spacial score (nSPS) is 31.3. The number of aliphatic hydroxyl groups excluding tert-OH is 3. The molecule has 14 nitrogen and oxygen atoms in total. The number of fused-ring (bicyclic) bond motifs is 2. The van der Waals surface area contributed by atoms with Crippen molar-refractivity contribution in [1.82, 2.24) is 0 Å². The molecule has 2 aliphatic rings. The molecule has 2 saturated heterocycles. The fourth-order valence-electron chi connectivity index (χ4n) is 7.17. The SMILES string of the molecule is CO[C@@H]1[C@@H](O)[C@@H](O[C@H]2[C@H](Oc3cccc4c(O)c5c(=N)c(=O)c6ccc(C)c7c(=O)oc(c34)c5c67)O[C@H](C)[C@H](O)[C@@H]2O)O[C@H](C)[C@@H]1OC. The summed E-state index contributed by atoms with van der Waals surface area (Å²) in [6.45, 7) is 4.93. The van der Waals surface area contributed by atoms with Crippen LogP contribution < -0.4 is 21.1 Å². The van der Waals surface area contributed by atoms with E-state index in [9.17, 15) is 30.0 Å². The molecular formula is C34H35NO13.